The van der Waals surface area contributed by atoms with Crippen LogP contribution in [0.25, 0.3) is 0 Å². The summed E-state index contributed by atoms with van der Waals surface area (Å²) in [6, 6.07) is 0. The van der Waals surface area contributed by atoms with Gasteiger partial charge in [0.25, 0.3) is 5.91 Å². The number of nitrogens with zero attached hydrogens (tertiary/aromatic N) is 1. The van der Waals surface area contributed by atoms with Gasteiger partial charge in [-0.2, -0.15) is 0 Å². The zero-order valence-electron chi connectivity index (χ0n) is 13.3. The first-order valence-electron chi connectivity index (χ1n) is 8.24. The van der Waals surface area contributed by atoms with Crippen molar-refractivity contribution >= 4 is 23.2 Å². The largest absolute Gasteiger partial charge is 0.481 e. The first kappa shape index (κ1) is 17.9. The van der Waals surface area contributed by atoms with Crippen molar-refractivity contribution in [3.63, 3.8) is 0 Å². The normalized spacial score (nSPS) is 17.3. The molecule has 1 aromatic heterocycles. The van der Waals surface area contributed by atoms with E-state index < -0.39 is 5.97 Å². The van der Waals surface area contributed by atoms with Crippen LogP contribution in [0, 0.1) is 0 Å². The summed E-state index contributed by atoms with van der Waals surface area (Å²) in [5.41, 5.74) is 0.474. The van der Waals surface area contributed by atoms with E-state index in [9.17, 15) is 9.59 Å². The molecule has 1 saturated heterocycles. The Labute approximate surface area is 140 Å². The number of thiazole rings is 1. The van der Waals surface area contributed by atoms with E-state index in [1.165, 1.54) is 11.3 Å². The Balaban J connectivity index is 1.57. The van der Waals surface area contributed by atoms with Crippen LogP contribution < -0.4 is 5.32 Å². The number of carboxylic acids is 1. The topological polar surface area (TPSA) is 88.5 Å². The molecule has 1 aromatic rings. The second kappa shape index (κ2) is 9.62. The first-order chi connectivity index (χ1) is 11.2. The average Bonchev–Trinajstić information content (AvgIpc) is 3.19. The van der Waals surface area contributed by atoms with Crippen LogP contribution in [0.15, 0.2) is 5.38 Å². The Bertz CT molecular complexity index is 512. The number of hydrogen-bond donors (Lipinski definition) is 2. The second-order valence-corrected chi connectivity index (χ2v) is 6.63. The number of carbonyl (C=O) groups is 2. The minimum absolute atomic E-state index is 0.0624. The van der Waals surface area contributed by atoms with Gasteiger partial charge in [0, 0.05) is 25.0 Å². The van der Waals surface area contributed by atoms with Crippen molar-refractivity contribution in [2.45, 2.75) is 57.5 Å². The maximum Gasteiger partial charge on any atom is 0.303 e. The van der Waals surface area contributed by atoms with Gasteiger partial charge in [0.1, 0.15) is 16.8 Å². The molecule has 2 heterocycles. The average molecular weight is 340 g/mol. The second-order valence-electron chi connectivity index (χ2n) is 5.74. The van der Waals surface area contributed by atoms with Gasteiger partial charge >= 0.3 is 5.97 Å². The van der Waals surface area contributed by atoms with Crippen molar-refractivity contribution in [2.75, 3.05) is 13.2 Å². The van der Waals surface area contributed by atoms with Crippen LogP contribution in [0.1, 0.15) is 73.0 Å². The van der Waals surface area contributed by atoms with Crippen LogP contribution in [0.2, 0.25) is 0 Å². The van der Waals surface area contributed by atoms with Crippen molar-refractivity contribution in [1.29, 1.82) is 0 Å². The summed E-state index contributed by atoms with van der Waals surface area (Å²) in [6.45, 7) is 1.41. The van der Waals surface area contributed by atoms with Crippen LogP contribution >= 0.6 is 11.3 Å². The molecule has 0 spiro atoms. The third-order valence-electron chi connectivity index (χ3n) is 3.81. The monoisotopic (exact) mass is 340 g/mol. The van der Waals surface area contributed by atoms with E-state index in [4.69, 9.17) is 9.84 Å². The summed E-state index contributed by atoms with van der Waals surface area (Å²) >= 11 is 1.49. The fraction of sp³-hybridized carbons (Fsp3) is 0.688. The maximum absolute atomic E-state index is 12.0. The van der Waals surface area contributed by atoms with E-state index in [1.54, 1.807) is 5.38 Å². The molecule has 1 aliphatic rings. The molecular weight excluding hydrogens is 316 g/mol. The van der Waals surface area contributed by atoms with Crippen LogP contribution in [0.4, 0.5) is 0 Å². The number of aromatic nitrogens is 1. The van der Waals surface area contributed by atoms with Crippen LogP contribution in [0.3, 0.4) is 0 Å². The predicted molar refractivity (Wildman–Crippen MR) is 87.7 cm³/mol. The minimum atomic E-state index is -0.733. The lowest BCUT2D eigenvalue weighted by molar-refractivity contribution is -0.137. The van der Waals surface area contributed by atoms with E-state index in [2.05, 4.69) is 10.3 Å². The van der Waals surface area contributed by atoms with E-state index in [0.29, 0.717) is 12.2 Å². The molecule has 0 aliphatic carbocycles. The van der Waals surface area contributed by atoms with Crippen LogP contribution in [-0.4, -0.2) is 35.1 Å². The molecule has 7 heteroatoms. The molecule has 0 radical (unpaired) electrons. The number of nitrogens with one attached hydrogen (secondary N) is 1. The highest BCUT2D eigenvalue weighted by Gasteiger charge is 2.22. The Kier molecular flexibility index (Phi) is 7.48. The van der Waals surface area contributed by atoms with E-state index in [1.807, 2.05) is 0 Å². The number of hydrogen-bond acceptors (Lipinski definition) is 5. The molecule has 1 unspecified atom stereocenters. The van der Waals surface area contributed by atoms with Crippen molar-refractivity contribution in [3.8, 4) is 0 Å². The summed E-state index contributed by atoms with van der Waals surface area (Å²) in [6.07, 6.45) is 6.90. The van der Waals surface area contributed by atoms with Gasteiger partial charge in [-0.05, 0) is 25.7 Å². The predicted octanol–water partition coefficient (Wildman–Crippen LogP) is 3.15. The van der Waals surface area contributed by atoms with Gasteiger partial charge < -0.3 is 15.2 Å². The Morgan fingerprint density at radius 1 is 1.30 bits per heavy atom. The van der Waals surface area contributed by atoms with Crippen LogP contribution in [0.5, 0.6) is 0 Å². The lowest BCUT2D eigenvalue weighted by Gasteiger charge is -2.04. The third-order valence-corrected chi connectivity index (χ3v) is 4.75. The molecule has 1 amide bonds. The lowest BCUT2D eigenvalue weighted by Crippen LogP contribution is -2.24. The van der Waals surface area contributed by atoms with Gasteiger partial charge in [-0.1, -0.05) is 19.3 Å². The summed E-state index contributed by atoms with van der Waals surface area (Å²) in [5, 5.41) is 14.1. The van der Waals surface area contributed by atoms with E-state index in [0.717, 1.165) is 56.6 Å². The molecule has 1 fully saturated rings. The summed E-state index contributed by atoms with van der Waals surface area (Å²) < 4.78 is 5.57. The molecule has 1 atom stereocenters. The number of carbonyl (C=O) groups excluding carboxylic acids is 1. The quantitative estimate of drug-likeness (QED) is 0.639. The third kappa shape index (κ3) is 6.27. The zero-order chi connectivity index (χ0) is 16.5. The zero-order valence-corrected chi connectivity index (χ0v) is 14.1. The number of rotatable bonds is 10. The molecule has 2 rings (SSSR count). The summed E-state index contributed by atoms with van der Waals surface area (Å²) in [7, 11) is 0. The fourth-order valence-electron chi connectivity index (χ4n) is 2.54. The van der Waals surface area contributed by atoms with Gasteiger partial charge in [0.05, 0.1) is 0 Å². The summed E-state index contributed by atoms with van der Waals surface area (Å²) in [5.74, 6) is -0.862. The Morgan fingerprint density at radius 3 is 2.83 bits per heavy atom. The molecular formula is C16H24N2O4S. The van der Waals surface area contributed by atoms with Crippen molar-refractivity contribution in [2.24, 2.45) is 0 Å². The minimum Gasteiger partial charge on any atom is -0.481 e. The van der Waals surface area contributed by atoms with E-state index in [-0.39, 0.29) is 18.4 Å². The number of aliphatic carboxylic acids is 1. The molecule has 23 heavy (non-hydrogen) atoms. The standard InChI is InChI=1S/C16H24N2O4S/c19-14(20)8-4-2-1-3-5-9-17-15(21)12-11-23-16(18-12)13-7-6-10-22-13/h11,13H,1-10H2,(H,17,21)(H,19,20). The molecule has 128 valence electrons. The van der Waals surface area contributed by atoms with Crippen LogP contribution in [-0.2, 0) is 9.53 Å². The Hall–Kier alpha value is -1.47. The highest BCUT2D eigenvalue weighted by molar-refractivity contribution is 7.09. The lowest BCUT2D eigenvalue weighted by atomic mass is 10.1. The molecule has 6 nitrogen and oxygen atoms in total. The molecule has 1 aliphatic heterocycles. The van der Waals surface area contributed by atoms with Gasteiger partial charge in [0.15, 0.2) is 0 Å². The molecule has 0 bridgehead atoms. The highest BCUT2D eigenvalue weighted by atomic mass is 32.1. The van der Waals surface area contributed by atoms with Crippen molar-refractivity contribution in [3.05, 3.63) is 16.1 Å². The highest BCUT2D eigenvalue weighted by Crippen LogP contribution is 2.30. The van der Waals surface area contributed by atoms with Gasteiger partial charge in [-0.15, -0.1) is 11.3 Å². The van der Waals surface area contributed by atoms with Gasteiger partial charge in [-0.3, -0.25) is 9.59 Å². The Morgan fingerprint density at radius 2 is 2.09 bits per heavy atom. The van der Waals surface area contributed by atoms with Crippen molar-refractivity contribution in [1.82, 2.24) is 10.3 Å². The number of ether oxygens (including phenoxy) is 1. The van der Waals surface area contributed by atoms with Gasteiger partial charge in [-0.25, -0.2) is 4.98 Å². The van der Waals surface area contributed by atoms with Gasteiger partial charge in [0.2, 0.25) is 0 Å². The van der Waals surface area contributed by atoms with Crippen molar-refractivity contribution < 1.29 is 19.4 Å². The fourth-order valence-corrected chi connectivity index (χ4v) is 3.42. The molecule has 0 aromatic carbocycles. The first-order valence-corrected chi connectivity index (χ1v) is 9.12. The summed E-state index contributed by atoms with van der Waals surface area (Å²) in [4.78, 5) is 26.8. The molecule has 2 N–H and O–H groups in total. The number of unbranched alkanes of at least 4 members (excludes halogenated alkanes) is 4. The number of carboxylic acid groups (broad SMARTS) is 1. The smallest absolute Gasteiger partial charge is 0.303 e. The maximum atomic E-state index is 12.0. The number of amides is 1. The SMILES string of the molecule is O=C(O)CCCCCCCNC(=O)c1csc(C2CCCO2)n1. The molecule has 0 saturated carbocycles. The van der Waals surface area contributed by atoms with E-state index >= 15 is 0 Å².